The molecule has 1 saturated heterocycles. The van der Waals surface area contributed by atoms with E-state index in [1.165, 1.54) is 7.11 Å². The number of fused-ring (bicyclic) bond motifs is 1. The summed E-state index contributed by atoms with van der Waals surface area (Å²) < 4.78 is 15.3. The Morgan fingerprint density at radius 1 is 1.38 bits per heavy atom. The number of benzene rings is 1. The van der Waals surface area contributed by atoms with Crippen LogP contribution in [0.3, 0.4) is 0 Å². The number of ether oxygens (including phenoxy) is 3. The molecule has 0 amide bonds. The van der Waals surface area contributed by atoms with Crippen LogP contribution in [-0.4, -0.2) is 43.6 Å². The van der Waals surface area contributed by atoms with Crippen molar-refractivity contribution in [2.45, 2.75) is 13.0 Å². The van der Waals surface area contributed by atoms with Gasteiger partial charge in [-0.3, -0.25) is 14.5 Å². The Hall–Kier alpha value is -2.08. The highest BCUT2D eigenvalue weighted by atomic mass is 16.7. The van der Waals surface area contributed by atoms with Crippen molar-refractivity contribution in [1.82, 2.24) is 4.90 Å². The molecule has 2 aliphatic rings. The maximum Gasteiger partial charge on any atom is 0.317 e. The minimum Gasteiger partial charge on any atom is -0.468 e. The molecule has 1 aromatic rings. The monoisotopic (exact) mass is 291 g/mol. The van der Waals surface area contributed by atoms with Crippen molar-refractivity contribution in [2.75, 3.05) is 27.0 Å². The first-order valence-corrected chi connectivity index (χ1v) is 6.89. The van der Waals surface area contributed by atoms with E-state index < -0.39 is 11.9 Å². The van der Waals surface area contributed by atoms with Crippen LogP contribution >= 0.6 is 0 Å². The fourth-order valence-electron chi connectivity index (χ4n) is 2.68. The van der Waals surface area contributed by atoms with Gasteiger partial charge < -0.3 is 14.2 Å². The lowest BCUT2D eigenvalue weighted by atomic mass is 9.96. The lowest BCUT2D eigenvalue weighted by molar-refractivity contribution is -0.152. The molecule has 0 aliphatic carbocycles. The van der Waals surface area contributed by atoms with Gasteiger partial charge in [0.2, 0.25) is 6.79 Å². The molecule has 2 heterocycles. The SMILES string of the molecule is COC(=O)C1CN(Cc2ccc3c(c2)OCO3)CCC1=O. The maximum atomic E-state index is 11.8. The molecule has 1 atom stereocenters. The molecule has 0 N–H and O–H groups in total. The molecule has 1 unspecified atom stereocenters. The number of hydrogen-bond donors (Lipinski definition) is 0. The van der Waals surface area contributed by atoms with Crippen LogP contribution in [0, 0.1) is 5.92 Å². The number of likely N-dealkylation sites (tertiary alicyclic amines) is 1. The summed E-state index contributed by atoms with van der Waals surface area (Å²) in [6.07, 6.45) is 0.379. The van der Waals surface area contributed by atoms with Crippen LogP contribution < -0.4 is 9.47 Å². The number of Topliss-reactive ketones (excluding diaryl/α,β-unsaturated/α-hetero) is 1. The topological polar surface area (TPSA) is 65.1 Å². The molecule has 6 heteroatoms. The highest BCUT2D eigenvalue weighted by Gasteiger charge is 2.33. The van der Waals surface area contributed by atoms with Crippen molar-refractivity contribution in [2.24, 2.45) is 5.92 Å². The summed E-state index contributed by atoms with van der Waals surface area (Å²) >= 11 is 0. The fourth-order valence-corrected chi connectivity index (χ4v) is 2.68. The third kappa shape index (κ3) is 2.85. The maximum absolute atomic E-state index is 11.8. The van der Waals surface area contributed by atoms with Gasteiger partial charge in [-0.05, 0) is 17.7 Å². The first-order valence-electron chi connectivity index (χ1n) is 6.89. The van der Waals surface area contributed by atoms with Gasteiger partial charge >= 0.3 is 5.97 Å². The van der Waals surface area contributed by atoms with E-state index in [9.17, 15) is 9.59 Å². The summed E-state index contributed by atoms with van der Waals surface area (Å²) in [5, 5.41) is 0. The van der Waals surface area contributed by atoms with E-state index >= 15 is 0 Å². The second-order valence-electron chi connectivity index (χ2n) is 5.21. The van der Waals surface area contributed by atoms with E-state index in [2.05, 4.69) is 4.90 Å². The third-order valence-electron chi connectivity index (χ3n) is 3.83. The van der Waals surface area contributed by atoms with Crippen molar-refractivity contribution in [1.29, 1.82) is 0 Å². The average molecular weight is 291 g/mol. The van der Waals surface area contributed by atoms with Crippen LogP contribution in [0.4, 0.5) is 0 Å². The van der Waals surface area contributed by atoms with E-state index in [-0.39, 0.29) is 12.6 Å². The fraction of sp³-hybridized carbons (Fsp3) is 0.467. The zero-order valence-electron chi connectivity index (χ0n) is 11.8. The molecule has 0 bridgehead atoms. The van der Waals surface area contributed by atoms with Gasteiger partial charge in [-0.1, -0.05) is 6.07 Å². The zero-order valence-corrected chi connectivity index (χ0v) is 11.8. The van der Waals surface area contributed by atoms with Crippen molar-refractivity contribution >= 4 is 11.8 Å². The van der Waals surface area contributed by atoms with Gasteiger partial charge in [-0.15, -0.1) is 0 Å². The van der Waals surface area contributed by atoms with Gasteiger partial charge in [-0.25, -0.2) is 0 Å². The second-order valence-corrected chi connectivity index (χ2v) is 5.21. The largest absolute Gasteiger partial charge is 0.468 e. The molecule has 6 nitrogen and oxygen atoms in total. The van der Waals surface area contributed by atoms with Gasteiger partial charge in [0.1, 0.15) is 11.7 Å². The van der Waals surface area contributed by atoms with Crippen LogP contribution in [0.25, 0.3) is 0 Å². The summed E-state index contributed by atoms with van der Waals surface area (Å²) in [4.78, 5) is 25.5. The molecule has 0 aromatic heterocycles. The van der Waals surface area contributed by atoms with Crippen molar-refractivity contribution in [3.8, 4) is 11.5 Å². The lowest BCUT2D eigenvalue weighted by Crippen LogP contribution is -2.44. The van der Waals surface area contributed by atoms with Crippen molar-refractivity contribution in [3.63, 3.8) is 0 Å². The van der Waals surface area contributed by atoms with Crippen molar-refractivity contribution < 1.29 is 23.8 Å². The van der Waals surface area contributed by atoms with Gasteiger partial charge in [0.25, 0.3) is 0 Å². The Bertz CT molecular complexity index is 563. The molecule has 0 spiro atoms. The van der Waals surface area contributed by atoms with Crippen LogP contribution in [0.5, 0.6) is 11.5 Å². The molecular weight excluding hydrogens is 274 g/mol. The lowest BCUT2D eigenvalue weighted by Gasteiger charge is -2.30. The number of nitrogens with zero attached hydrogens (tertiary/aromatic N) is 1. The quantitative estimate of drug-likeness (QED) is 0.611. The normalized spacial score (nSPS) is 21.4. The molecular formula is C15H17NO5. The van der Waals surface area contributed by atoms with E-state index in [1.54, 1.807) is 0 Å². The number of hydrogen-bond acceptors (Lipinski definition) is 6. The van der Waals surface area contributed by atoms with Crippen LogP contribution in [0.1, 0.15) is 12.0 Å². The van der Waals surface area contributed by atoms with Gasteiger partial charge in [0.05, 0.1) is 7.11 Å². The molecule has 112 valence electrons. The molecule has 0 radical (unpaired) electrons. The highest BCUT2D eigenvalue weighted by Crippen LogP contribution is 2.33. The molecule has 1 aromatic carbocycles. The minimum absolute atomic E-state index is 0.0382. The summed E-state index contributed by atoms with van der Waals surface area (Å²) in [6.45, 7) is 1.97. The Kier molecular flexibility index (Phi) is 3.79. The first-order chi connectivity index (χ1) is 10.2. The Morgan fingerprint density at radius 2 is 2.19 bits per heavy atom. The number of methoxy groups -OCH3 is 1. The summed E-state index contributed by atoms with van der Waals surface area (Å²) in [5.41, 5.74) is 1.07. The number of ketones is 1. The highest BCUT2D eigenvalue weighted by molar-refractivity contribution is 5.99. The zero-order chi connectivity index (χ0) is 14.8. The van der Waals surface area contributed by atoms with E-state index in [0.717, 1.165) is 17.1 Å². The van der Waals surface area contributed by atoms with Crippen LogP contribution in [0.15, 0.2) is 18.2 Å². The molecule has 3 rings (SSSR count). The minimum atomic E-state index is -0.669. The van der Waals surface area contributed by atoms with Gasteiger partial charge in [-0.2, -0.15) is 0 Å². The van der Waals surface area contributed by atoms with Gasteiger partial charge in [0, 0.05) is 26.1 Å². The van der Waals surface area contributed by atoms with Crippen LogP contribution in [-0.2, 0) is 20.9 Å². The number of rotatable bonds is 3. The van der Waals surface area contributed by atoms with E-state index in [0.29, 0.717) is 26.1 Å². The standard InChI is InChI=1S/C15H17NO5/c1-19-15(18)11-8-16(5-4-12(11)17)7-10-2-3-13-14(6-10)21-9-20-13/h2-3,6,11H,4-5,7-9H2,1H3. The first kappa shape index (κ1) is 13.9. The molecule has 1 fully saturated rings. The number of carbonyl (C=O) groups is 2. The molecule has 2 aliphatic heterocycles. The number of piperidine rings is 1. The smallest absolute Gasteiger partial charge is 0.317 e. The average Bonchev–Trinajstić information content (AvgIpc) is 2.96. The predicted molar refractivity (Wildman–Crippen MR) is 73.0 cm³/mol. The number of esters is 1. The Balaban J connectivity index is 1.67. The van der Waals surface area contributed by atoms with Gasteiger partial charge in [0.15, 0.2) is 11.5 Å². The van der Waals surface area contributed by atoms with E-state index in [4.69, 9.17) is 14.2 Å². The van der Waals surface area contributed by atoms with Crippen LogP contribution in [0.2, 0.25) is 0 Å². The second kappa shape index (κ2) is 5.73. The molecule has 0 saturated carbocycles. The summed E-state index contributed by atoms with van der Waals surface area (Å²) in [6, 6.07) is 5.79. The summed E-state index contributed by atoms with van der Waals surface area (Å²) in [7, 11) is 1.31. The number of carbonyl (C=O) groups excluding carboxylic acids is 2. The van der Waals surface area contributed by atoms with Crippen molar-refractivity contribution in [3.05, 3.63) is 23.8 Å². The third-order valence-corrected chi connectivity index (χ3v) is 3.83. The summed E-state index contributed by atoms with van der Waals surface area (Å²) in [5.74, 6) is 0.335. The Labute approximate surface area is 122 Å². The van der Waals surface area contributed by atoms with E-state index in [1.807, 2.05) is 18.2 Å². The predicted octanol–water partition coefficient (Wildman–Crippen LogP) is 0.979. The molecule has 21 heavy (non-hydrogen) atoms. The Morgan fingerprint density at radius 3 is 3.00 bits per heavy atom.